The molecule has 128 valence electrons. The Hall–Kier alpha value is -2.02. The number of hydrogen-bond donors (Lipinski definition) is 1. The molecule has 1 unspecified atom stereocenters. The van der Waals surface area contributed by atoms with E-state index in [-0.39, 0.29) is 11.2 Å². The molecule has 1 aromatic heterocycles. The minimum atomic E-state index is -0.191. The average molecular weight is 346 g/mol. The molecule has 3 rings (SSSR count). The Kier molecular flexibility index (Phi) is 5.08. The third-order valence-corrected chi connectivity index (χ3v) is 5.04. The van der Waals surface area contributed by atoms with Crippen LogP contribution >= 0.6 is 11.8 Å². The summed E-state index contributed by atoms with van der Waals surface area (Å²) in [7, 11) is 1.65. The molecule has 1 atom stereocenters. The molecule has 1 aliphatic rings. The van der Waals surface area contributed by atoms with Gasteiger partial charge >= 0.3 is 0 Å². The van der Waals surface area contributed by atoms with Crippen LogP contribution in [0, 0.1) is 0 Å². The fraction of sp³-hybridized carbons (Fsp3) is 0.471. The molecule has 0 saturated heterocycles. The fourth-order valence-corrected chi connectivity index (χ4v) is 3.29. The lowest BCUT2D eigenvalue weighted by Crippen LogP contribution is -2.32. The molecule has 1 N–H and O–H groups in total. The number of amides is 1. The zero-order chi connectivity index (χ0) is 17.1. The van der Waals surface area contributed by atoms with Crippen molar-refractivity contribution in [1.82, 2.24) is 20.1 Å². The van der Waals surface area contributed by atoms with E-state index in [1.807, 2.05) is 35.8 Å². The maximum atomic E-state index is 12.1. The standard InChI is InChI=1S/C17H22N4O2S/c1-4-21-15(12-5-9-14(23-3)10-6-12)19-20-17(21)24-11(2)16(22)18-13-7-8-13/h5-6,9-11,13H,4,7-8H2,1-3H3,(H,18,22). The van der Waals surface area contributed by atoms with Gasteiger partial charge in [-0.05, 0) is 51.0 Å². The summed E-state index contributed by atoms with van der Waals surface area (Å²) >= 11 is 1.45. The highest BCUT2D eigenvalue weighted by atomic mass is 32.2. The minimum Gasteiger partial charge on any atom is -0.497 e. The molecule has 2 aromatic rings. The number of hydrogen-bond acceptors (Lipinski definition) is 5. The lowest BCUT2D eigenvalue weighted by atomic mass is 10.2. The van der Waals surface area contributed by atoms with Crippen LogP contribution in [-0.4, -0.2) is 39.1 Å². The maximum absolute atomic E-state index is 12.1. The summed E-state index contributed by atoms with van der Waals surface area (Å²) in [6, 6.07) is 8.12. The van der Waals surface area contributed by atoms with E-state index >= 15 is 0 Å². The van der Waals surface area contributed by atoms with Gasteiger partial charge in [0, 0.05) is 18.2 Å². The molecule has 6 nitrogen and oxygen atoms in total. The molecule has 24 heavy (non-hydrogen) atoms. The molecule has 0 radical (unpaired) electrons. The summed E-state index contributed by atoms with van der Waals surface area (Å²) in [4.78, 5) is 12.1. The van der Waals surface area contributed by atoms with E-state index in [9.17, 15) is 4.79 Å². The van der Waals surface area contributed by atoms with Gasteiger partial charge in [0.2, 0.25) is 5.91 Å². The number of benzene rings is 1. The topological polar surface area (TPSA) is 69.0 Å². The van der Waals surface area contributed by atoms with Gasteiger partial charge in [0.15, 0.2) is 11.0 Å². The van der Waals surface area contributed by atoms with E-state index in [2.05, 4.69) is 22.4 Å². The Morgan fingerprint density at radius 1 is 1.38 bits per heavy atom. The Bertz CT molecular complexity index is 710. The van der Waals surface area contributed by atoms with Crippen LogP contribution in [0.3, 0.4) is 0 Å². The van der Waals surface area contributed by atoms with Crippen molar-refractivity contribution in [3.63, 3.8) is 0 Å². The van der Waals surface area contributed by atoms with E-state index in [0.29, 0.717) is 6.04 Å². The SMILES string of the molecule is CCn1c(SC(C)C(=O)NC2CC2)nnc1-c1ccc(OC)cc1. The van der Waals surface area contributed by atoms with Crippen LogP contribution in [0.1, 0.15) is 26.7 Å². The number of nitrogens with zero attached hydrogens (tertiary/aromatic N) is 3. The van der Waals surface area contributed by atoms with Crippen LogP contribution in [0.15, 0.2) is 29.4 Å². The first kappa shape index (κ1) is 16.8. The third-order valence-electron chi connectivity index (χ3n) is 3.96. The van der Waals surface area contributed by atoms with E-state index in [0.717, 1.165) is 41.7 Å². The van der Waals surface area contributed by atoms with Crippen LogP contribution in [0.4, 0.5) is 0 Å². The van der Waals surface area contributed by atoms with Crippen LogP contribution in [0.5, 0.6) is 5.75 Å². The van der Waals surface area contributed by atoms with Gasteiger partial charge in [0.25, 0.3) is 0 Å². The molecular formula is C17H22N4O2S. The first-order valence-electron chi connectivity index (χ1n) is 8.17. The van der Waals surface area contributed by atoms with Crippen molar-refractivity contribution in [2.45, 2.75) is 49.7 Å². The third kappa shape index (κ3) is 3.72. The molecule has 0 bridgehead atoms. The number of carbonyl (C=O) groups excluding carboxylic acids is 1. The normalized spacial score (nSPS) is 15.1. The van der Waals surface area contributed by atoms with Gasteiger partial charge in [-0.1, -0.05) is 11.8 Å². The number of rotatable bonds is 7. The minimum absolute atomic E-state index is 0.0687. The zero-order valence-corrected chi connectivity index (χ0v) is 15.0. The molecular weight excluding hydrogens is 324 g/mol. The van der Waals surface area contributed by atoms with Gasteiger partial charge in [0.1, 0.15) is 5.75 Å². The zero-order valence-electron chi connectivity index (χ0n) is 14.2. The summed E-state index contributed by atoms with van der Waals surface area (Å²) < 4.78 is 7.23. The lowest BCUT2D eigenvalue weighted by molar-refractivity contribution is -0.120. The van der Waals surface area contributed by atoms with E-state index in [1.165, 1.54) is 11.8 Å². The average Bonchev–Trinajstić information content (AvgIpc) is 3.32. The monoisotopic (exact) mass is 346 g/mol. The maximum Gasteiger partial charge on any atom is 0.233 e. The van der Waals surface area contributed by atoms with E-state index in [4.69, 9.17) is 4.74 Å². The number of methoxy groups -OCH3 is 1. The number of thioether (sulfide) groups is 1. The second-order valence-electron chi connectivity index (χ2n) is 5.82. The van der Waals surface area contributed by atoms with Crippen molar-refractivity contribution in [3.8, 4) is 17.1 Å². The number of ether oxygens (including phenoxy) is 1. The first-order valence-corrected chi connectivity index (χ1v) is 9.05. The van der Waals surface area contributed by atoms with Crippen molar-refractivity contribution in [3.05, 3.63) is 24.3 Å². The van der Waals surface area contributed by atoms with Crippen molar-refractivity contribution in [1.29, 1.82) is 0 Å². The van der Waals surface area contributed by atoms with Crippen LogP contribution < -0.4 is 10.1 Å². The second kappa shape index (κ2) is 7.25. The number of nitrogens with one attached hydrogen (secondary N) is 1. The van der Waals surface area contributed by atoms with Gasteiger partial charge in [-0.2, -0.15) is 0 Å². The summed E-state index contributed by atoms with van der Waals surface area (Å²) in [5.41, 5.74) is 0.979. The van der Waals surface area contributed by atoms with Crippen LogP contribution in [-0.2, 0) is 11.3 Å². The molecule has 1 fully saturated rings. The highest BCUT2D eigenvalue weighted by Crippen LogP contribution is 2.28. The van der Waals surface area contributed by atoms with E-state index in [1.54, 1.807) is 7.11 Å². The molecule has 0 aliphatic heterocycles. The number of carbonyl (C=O) groups is 1. The van der Waals surface area contributed by atoms with Crippen LogP contribution in [0.25, 0.3) is 11.4 Å². The second-order valence-corrected chi connectivity index (χ2v) is 7.13. The fourth-order valence-electron chi connectivity index (χ4n) is 2.37. The molecule has 1 heterocycles. The Morgan fingerprint density at radius 2 is 2.08 bits per heavy atom. The Labute approximate surface area is 146 Å². The van der Waals surface area contributed by atoms with Gasteiger partial charge in [-0.3, -0.25) is 4.79 Å². The van der Waals surface area contributed by atoms with Crippen LogP contribution in [0.2, 0.25) is 0 Å². The predicted octanol–water partition coefficient (Wildman–Crippen LogP) is 2.73. The molecule has 1 aliphatic carbocycles. The molecule has 1 amide bonds. The summed E-state index contributed by atoms with van der Waals surface area (Å²) in [5.74, 6) is 1.68. The summed E-state index contributed by atoms with van der Waals surface area (Å²) in [6.07, 6.45) is 2.19. The highest BCUT2D eigenvalue weighted by Gasteiger charge is 2.27. The quantitative estimate of drug-likeness (QED) is 0.781. The van der Waals surface area contributed by atoms with Crippen molar-refractivity contribution >= 4 is 17.7 Å². The van der Waals surface area contributed by atoms with Gasteiger partial charge < -0.3 is 14.6 Å². The first-order chi connectivity index (χ1) is 11.6. The lowest BCUT2D eigenvalue weighted by Gasteiger charge is -2.12. The molecule has 7 heteroatoms. The Balaban J connectivity index is 1.76. The summed E-state index contributed by atoms with van der Waals surface area (Å²) in [5, 5.41) is 12.2. The van der Waals surface area contributed by atoms with Gasteiger partial charge in [0.05, 0.1) is 12.4 Å². The molecule has 1 aromatic carbocycles. The van der Waals surface area contributed by atoms with Gasteiger partial charge in [-0.15, -0.1) is 10.2 Å². The van der Waals surface area contributed by atoms with Gasteiger partial charge in [-0.25, -0.2) is 0 Å². The van der Waals surface area contributed by atoms with E-state index < -0.39 is 0 Å². The smallest absolute Gasteiger partial charge is 0.233 e. The Morgan fingerprint density at radius 3 is 2.67 bits per heavy atom. The largest absolute Gasteiger partial charge is 0.497 e. The van der Waals surface area contributed by atoms with Crippen molar-refractivity contribution < 1.29 is 9.53 Å². The molecule has 0 spiro atoms. The summed E-state index contributed by atoms with van der Waals surface area (Å²) in [6.45, 7) is 4.70. The number of aromatic nitrogens is 3. The molecule has 1 saturated carbocycles. The highest BCUT2D eigenvalue weighted by molar-refractivity contribution is 8.00. The van der Waals surface area contributed by atoms with Crippen molar-refractivity contribution in [2.24, 2.45) is 0 Å². The predicted molar refractivity (Wildman–Crippen MR) is 94.2 cm³/mol. The van der Waals surface area contributed by atoms with Crippen molar-refractivity contribution in [2.75, 3.05) is 7.11 Å².